The summed E-state index contributed by atoms with van der Waals surface area (Å²) in [6.07, 6.45) is 2.37. The van der Waals surface area contributed by atoms with Gasteiger partial charge < -0.3 is 4.74 Å². The Morgan fingerprint density at radius 2 is 1.86 bits per heavy atom. The van der Waals surface area contributed by atoms with Gasteiger partial charge in [0.25, 0.3) is 0 Å². The number of carbonyl (C=O) groups is 1. The Labute approximate surface area is 131 Å². The molecule has 1 fully saturated rings. The fourth-order valence-electron chi connectivity index (χ4n) is 3.06. The van der Waals surface area contributed by atoms with Gasteiger partial charge in [0.05, 0.1) is 12.9 Å². The molecule has 0 spiro atoms. The maximum Gasteiger partial charge on any atom is 0.209 e. The SMILES string of the molecule is COc1ccc(CCC(C)(CS(N)(=O)=O)C2CC(=O)C2)cc1. The molecule has 1 unspecified atom stereocenters. The van der Waals surface area contributed by atoms with Crippen LogP contribution in [-0.4, -0.2) is 27.1 Å². The Morgan fingerprint density at radius 3 is 2.32 bits per heavy atom. The van der Waals surface area contributed by atoms with Gasteiger partial charge in [-0.2, -0.15) is 0 Å². The number of ketones is 1. The minimum atomic E-state index is -3.57. The van der Waals surface area contributed by atoms with Crippen LogP contribution < -0.4 is 9.88 Å². The van der Waals surface area contributed by atoms with Gasteiger partial charge >= 0.3 is 0 Å². The van der Waals surface area contributed by atoms with Gasteiger partial charge in [0.1, 0.15) is 11.5 Å². The van der Waals surface area contributed by atoms with Crippen molar-refractivity contribution in [1.29, 1.82) is 0 Å². The van der Waals surface area contributed by atoms with Crippen LogP contribution in [0.2, 0.25) is 0 Å². The molecule has 0 aliphatic heterocycles. The molecule has 5 nitrogen and oxygen atoms in total. The molecule has 1 aromatic carbocycles. The number of hydrogen-bond donors (Lipinski definition) is 1. The molecule has 122 valence electrons. The zero-order chi connectivity index (χ0) is 16.4. The summed E-state index contributed by atoms with van der Waals surface area (Å²) in [6, 6.07) is 7.72. The molecule has 0 radical (unpaired) electrons. The standard InChI is InChI=1S/C16H23NO4S/c1-16(11-22(17,19)20,13-9-14(18)10-13)8-7-12-3-5-15(21-2)6-4-12/h3-6,13H,7-11H2,1-2H3,(H2,17,19,20). The fourth-order valence-corrected chi connectivity index (χ4v) is 4.36. The molecular formula is C16H23NO4S. The third-order valence-electron chi connectivity index (χ3n) is 4.61. The molecule has 1 aliphatic carbocycles. The highest BCUT2D eigenvalue weighted by Gasteiger charge is 2.43. The summed E-state index contributed by atoms with van der Waals surface area (Å²) in [5.74, 6) is 1.03. The number of Topliss-reactive ketones (excluding diaryl/α,β-unsaturated/α-hetero) is 1. The number of nitrogens with two attached hydrogens (primary N) is 1. The van der Waals surface area contributed by atoms with Crippen molar-refractivity contribution in [2.24, 2.45) is 16.5 Å². The van der Waals surface area contributed by atoms with Crippen molar-refractivity contribution < 1.29 is 17.9 Å². The molecule has 1 atom stereocenters. The monoisotopic (exact) mass is 325 g/mol. The quantitative estimate of drug-likeness (QED) is 0.829. The summed E-state index contributed by atoms with van der Waals surface area (Å²) >= 11 is 0. The second kappa shape index (κ2) is 6.38. The summed E-state index contributed by atoms with van der Waals surface area (Å²) in [4.78, 5) is 11.3. The lowest BCUT2D eigenvalue weighted by molar-refractivity contribution is -0.130. The molecule has 0 amide bonds. The third-order valence-corrected chi connectivity index (χ3v) is 5.67. The molecule has 0 aromatic heterocycles. The van der Waals surface area contributed by atoms with Gasteiger partial charge in [-0.05, 0) is 41.9 Å². The molecule has 0 saturated heterocycles. The van der Waals surface area contributed by atoms with Gasteiger partial charge in [-0.3, -0.25) is 4.79 Å². The molecule has 22 heavy (non-hydrogen) atoms. The average molecular weight is 325 g/mol. The lowest BCUT2D eigenvalue weighted by Crippen LogP contribution is -2.44. The number of hydrogen-bond acceptors (Lipinski definition) is 4. The van der Waals surface area contributed by atoms with Crippen molar-refractivity contribution in [1.82, 2.24) is 0 Å². The zero-order valence-corrected chi connectivity index (χ0v) is 13.9. The van der Waals surface area contributed by atoms with Crippen molar-refractivity contribution in [2.45, 2.75) is 32.6 Å². The maximum atomic E-state index is 11.5. The molecule has 1 saturated carbocycles. The van der Waals surface area contributed by atoms with Gasteiger partial charge in [0.15, 0.2) is 0 Å². The number of rotatable bonds is 7. The van der Waals surface area contributed by atoms with E-state index in [1.807, 2.05) is 31.2 Å². The Kier molecular flexibility index (Phi) is 4.92. The first-order chi connectivity index (χ1) is 10.2. The van der Waals surface area contributed by atoms with Gasteiger partial charge in [0.2, 0.25) is 10.0 Å². The van der Waals surface area contributed by atoms with Crippen molar-refractivity contribution >= 4 is 15.8 Å². The Morgan fingerprint density at radius 1 is 1.27 bits per heavy atom. The summed E-state index contributed by atoms with van der Waals surface area (Å²) in [5, 5.41) is 5.25. The minimum absolute atomic E-state index is 0.0753. The fraction of sp³-hybridized carbons (Fsp3) is 0.562. The smallest absolute Gasteiger partial charge is 0.209 e. The predicted octanol–water partition coefficient (Wildman–Crippen LogP) is 1.90. The van der Waals surface area contributed by atoms with Crippen molar-refractivity contribution in [3.8, 4) is 5.75 Å². The van der Waals surface area contributed by atoms with Gasteiger partial charge in [-0.1, -0.05) is 19.1 Å². The van der Waals surface area contributed by atoms with Gasteiger partial charge in [-0.25, -0.2) is 13.6 Å². The molecule has 1 aromatic rings. The molecule has 6 heteroatoms. The average Bonchev–Trinajstić information content (AvgIpc) is 2.40. The first-order valence-electron chi connectivity index (χ1n) is 7.37. The summed E-state index contributed by atoms with van der Waals surface area (Å²) in [6.45, 7) is 1.93. The third kappa shape index (κ3) is 4.30. The molecule has 1 aliphatic rings. The summed E-state index contributed by atoms with van der Waals surface area (Å²) < 4.78 is 28.2. The lowest BCUT2D eigenvalue weighted by Gasteiger charge is -2.41. The van der Waals surface area contributed by atoms with Crippen LogP contribution in [0.3, 0.4) is 0 Å². The number of primary sulfonamides is 1. The topological polar surface area (TPSA) is 86.5 Å². The highest BCUT2D eigenvalue weighted by atomic mass is 32.2. The van der Waals surface area contributed by atoms with Crippen molar-refractivity contribution in [3.05, 3.63) is 29.8 Å². The molecule has 2 rings (SSSR count). The van der Waals surface area contributed by atoms with E-state index in [9.17, 15) is 13.2 Å². The largest absolute Gasteiger partial charge is 0.497 e. The van der Waals surface area contributed by atoms with E-state index in [-0.39, 0.29) is 17.5 Å². The Bertz CT molecular complexity index is 631. The van der Waals surface area contributed by atoms with Crippen molar-refractivity contribution in [2.75, 3.05) is 12.9 Å². The molecular weight excluding hydrogens is 302 g/mol. The number of benzene rings is 1. The van der Waals surface area contributed by atoms with Crippen LogP contribution in [0.5, 0.6) is 5.75 Å². The highest BCUT2D eigenvalue weighted by Crippen LogP contribution is 2.43. The van der Waals surface area contributed by atoms with Crippen LogP contribution in [-0.2, 0) is 21.2 Å². The van der Waals surface area contributed by atoms with E-state index in [1.54, 1.807) is 7.11 Å². The van der Waals surface area contributed by atoms with Crippen LogP contribution in [0.25, 0.3) is 0 Å². The van der Waals surface area contributed by atoms with Crippen LogP contribution in [0, 0.1) is 11.3 Å². The van der Waals surface area contributed by atoms with E-state index in [4.69, 9.17) is 9.88 Å². The number of methoxy groups -OCH3 is 1. The first kappa shape index (κ1) is 17.0. The van der Waals surface area contributed by atoms with Crippen LogP contribution in [0.1, 0.15) is 31.7 Å². The number of sulfonamides is 1. The van der Waals surface area contributed by atoms with Gasteiger partial charge in [0, 0.05) is 12.8 Å². The van der Waals surface area contributed by atoms with E-state index < -0.39 is 15.4 Å². The lowest BCUT2D eigenvalue weighted by atomic mass is 9.64. The van der Waals surface area contributed by atoms with Crippen LogP contribution in [0.15, 0.2) is 24.3 Å². The summed E-state index contributed by atoms with van der Waals surface area (Å²) in [5.41, 5.74) is 0.661. The first-order valence-corrected chi connectivity index (χ1v) is 9.08. The van der Waals surface area contributed by atoms with E-state index in [1.165, 1.54) is 0 Å². The normalized spacial score (nSPS) is 18.6. The molecule has 0 heterocycles. The van der Waals surface area contributed by atoms with E-state index in [0.717, 1.165) is 17.7 Å². The second-order valence-electron chi connectivity index (χ2n) is 6.45. The number of carbonyl (C=O) groups excluding carboxylic acids is 1. The number of ether oxygens (including phenoxy) is 1. The maximum absolute atomic E-state index is 11.5. The molecule has 2 N–H and O–H groups in total. The summed E-state index contributed by atoms with van der Waals surface area (Å²) in [7, 11) is -1.95. The molecule has 0 bridgehead atoms. The van der Waals surface area contributed by atoms with Crippen LogP contribution in [0.4, 0.5) is 0 Å². The minimum Gasteiger partial charge on any atom is -0.497 e. The second-order valence-corrected chi connectivity index (χ2v) is 8.07. The number of aryl methyl sites for hydroxylation is 1. The van der Waals surface area contributed by atoms with E-state index in [2.05, 4.69) is 0 Å². The Hall–Kier alpha value is -1.40. The van der Waals surface area contributed by atoms with Crippen LogP contribution >= 0.6 is 0 Å². The zero-order valence-electron chi connectivity index (χ0n) is 13.0. The van der Waals surface area contributed by atoms with Crippen molar-refractivity contribution in [3.63, 3.8) is 0 Å². The predicted molar refractivity (Wildman–Crippen MR) is 85.1 cm³/mol. The van der Waals surface area contributed by atoms with E-state index >= 15 is 0 Å². The van der Waals surface area contributed by atoms with Gasteiger partial charge in [-0.15, -0.1) is 0 Å². The Balaban J connectivity index is 2.07. The highest BCUT2D eigenvalue weighted by molar-refractivity contribution is 7.89. The van der Waals surface area contributed by atoms with E-state index in [0.29, 0.717) is 19.3 Å².